The predicted octanol–water partition coefficient (Wildman–Crippen LogP) is 1.04. The maximum atomic E-state index is 8.41. The zero-order chi connectivity index (χ0) is 6.69. The van der Waals surface area contributed by atoms with Crippen LogP contribution in [0.4, 0.5) is 0 Å². The second-order valence-electron chi connectivity index (χ2n) is 1.98. The van der Waals surface area contributed by atoms with Crippen LogP contribution < -0.4 is 0 Å². The molecule has 0 spiro atoms. The maximum absolute atomic E-state index is 8.41. The van der Waals surface area contributed by atoms with Crippen molar-refractivity contribution in [3.63, 3.8) is 0 Å². The molecule has 2 heteroatoms. The zero-order valence-electron chi connectivity index (χ0n) is 5.76. The van der Waals surface area contributed by atoms with Crippen molar-refractivity contribution in [1.29, 1.82) is 5.26 Å². The van der Waals surface area contributed by atoms with E-state index in [2.05, 4.69) is 6.07 Å². The van der Waals surface area contributed by atoms with Gasteiger partial charge >= 0.3 is 0 Å². The molecule has 0 bridgehead atoms. The first-order chi connectivity index (χ1) is 4.33. The lowest BCUT2D eigenvalue weighted by molar-refractivity contribution is 0.824. The van der Waals surface area contributed by atoms with Crippen molar-refractivity contribution in [3.05, 3.63) is 35.4 Å². The minimum Gasteiger partial charge on any atom is -0.412 e. The van der Waals surface area contributed by atoms with Crippen molar-refractivity contribution in [3.8, 4) is 6.07 Å². The number of nitriles is 1. The molecule has 2 nitrogen and oxygen atoms in total. The van der Waals surface area contributed by atoms with E-state index in [-0.39, 0.29) is 5.48 Å². The summed E-state index contributed by atoms with van der Waals surface area (Å²) in [5.74, 6) is 0. The zero-order valence-corrected chi connectivity index (χ0v) is 5.76. The Bertz CT molecular complexity index is 250. The molecule has 0 radical (unpaired) electrons. The van der Waals surface area contributed by atoms with Crippen molar-refractivity contribution in [1.82, 2.24) is 0 Å². The molecule has 0 aliphatic heterocycles. The summed E-state index contributed by atoms with van der Waals surface area (Å²) in [6.07, 6.45) is 0. The molecule has 0 unspecified atom stereocenters. The fourth-order valence-electron chi connectivity index (χ4n) is 0.715. The van der Waals surface area contributed by atoms with Gasteiger partial charge in [0.2, 0.25) is 0 Å². The van der Waals surface area contributed by atoms with E-state index in [1.54, 1.807) is 6.07 Å². The predicted molar refractivity (Wildman–Crippen MR) is 39.5 cm³/mol. The van der Waals surface area contributed by atoms with Crippen LogP contribution >= 0.6 is 0 Å². The Labute approximate surface area is 60.0 Å². The van der Waals surface area contributed by atoms with Crippen molar-refractivity contribution in [2.45, 2.75) is 6.92 Å². The highest BCUT2D eigenvalue weighted by molar-refractivity contribution is 5.31. The average molecular weight is 135 g/mol. The summed E-state index contributed by atoms with van der Waals surface area (Å²) in [7, 11) is 0. The topological polar surface area (TPSA) is 55.3 Å². The molecule has 0 aliphatic rings. The third-order valence-corrected chi connectivity index (χ3v) is 1.15. The van der Waals surface area contributed by atoms with E-state index in [4.69, 9.17) is 5.26 Å². The lowest BCUT2D eigenvalue weighted by atomic mass is 10.2. The summed E-state index contributed by atoms with van der Waals surface area (Å²) < 4.78 is 0. The number of rotatable bonds is 0. The molecule has 0 atom stereocenters. The van der Waals surface area contributed by atoms with Crippen LogP contribution in [0.3, 0.4) is 0 Å². The summed E-state index contributed by atoms with van der Waals surface area (Å²) in [5.41, 5.74) is 1.86. The first kappa shape index (κ1) is 8.67. The summed E-state index contributed by atoms with van der Waals surface area (Å²) in [6.45, 7) is 1.97. The molecule has 0 heterocycles. The second-order valence-corrected chi connectivity index (χ2v) is 1.98. The van der Waals surface area contributed by atoms with E-state index in [0.29, 0.717) is 0 Å². The van der Waals surface area contributed by atoms with Gasteiger partial charge in [-0.15, -0.1) is 0 Å². The minimum absolute atomic E-state index is 0. The fraction of sp³-hybridized carbons (Fsp3) is 0.125. The monoisotopic (exact) mass is 135 g/mol. The Morgan fingerprint density at radius 1 is 1.40 bits per heavy atom. The molecular weight excluding hydrogens is 126 g/mol. The smallest absolute Gasteiger partial charge is 0.0991 e. The number of hydrogen-bond donors (Lipinski definition) is 0. The first-order valence-corrected chi connectivity index (χ1v) is 2.79. The third-order valence-electron chi connectivity index (χ3n) is 1.15. The molecule has 0 saturated carbocycles. The van der Waals surface area contributed by atoms with Crippen LogP contribution in [0.1, 0.15) is 11.1 Å². The molecule has 1 rings (SSSR count). The molecule has 2 N–H and O–H groups in total. The van der Waals surface area contributed by atoms with Crippen LogP contribution in [0.15, 0.2) is 24.3 Å². The van der Waals surface area contributed by atoms with Gasteiger partial charge in [0, 0.05) is 0 Å². The Hall–Kier alpha value is -1.33. The molecule has 0 aliphatic carbocycles. The van der Waals surface area contributed by atoms with E-state index < -0.39 is 0 Å². The Balaban J connectivity index is 0.000000810. The summed E-state index contributed by atoms with van der Waals surface area (Å²) in [4.78, 5) is 0. The largest absolute Gasteiger partial charge is 0.412 e. The van der Waals surface area contributed by atoms with Crippen molar-refractivity contribution in [2.24, 2.45) is 0 Å². The standard InChI is InChI=1S/C8H7N.H2O/c1-7-3-2-4-8(5-7)6-9;/h2-5H,1H3;1H2. The Morgan fingerprint density at radius 3 is 2.50 bits per heavy atom. The van der Waals surface area contributed by atoms with Crippen molar-refractivity contribution < 1.29 is 5.48 Å². The quantitative estimate of drug-likeness (QED) is 0.524. The van der Waals surface area contributed by atoms with Gasteiger partial charge in [-0.25, -0.2) is 0 Å². The lowest BCUT2D eigenvalue weighted by Gasteiger charge is -1.88. The third kappa shape index (κ3) is 1.88. The average Bonchev–Trinajstić information content (AvgIpc) is 1.88. The van der Waals surface area contributed by atoms with Crippen LogP contribution in [-0.4, -0.2) is 5.48 Å². The van der Waals surface area contributed by atoms with Gasteiger partial charge in [0.05, 0.1) is 11.6 Å². The molecule has 1 aromatic rings. The summed E-state index contributed by atoms with van der Waals surface area (Å²) >= 11 is 0. The van der Waals surface area contributed by atoms with Gasteiger partial charge in [-0.3, -0.25) is 0 Å². The Kier molecular flexibility index (Phi) is 3.16. The molecule has 10 heavy (non-hydrogen) atoms. The molecule has 52 valence electrons. The Morgan fingerprint density at radius 2 is 2.10 bits per heavy atom. The molecule has 0 fully saturated rings. The van der Waals surface area contributed by atoms with Gasteiger partial charge in [-0.2, -0.15) is 5.26 Å². The number of aryl methyl sites for hydroxylation is 1. The van der Waals surface area contributed by atoms with E-state index in [0.717, 1.165) is 11.1 Å². The summed E-state index contributed by atoms with van der Waals surface area (Å²) in [6, 6.07) is 9.58. The number of nitrogens with zero attached hydrogens (tertiary/aromatic N) is 1. The van der Waals surface area contributed by atoms with Crippen LogP contribution in [0, 0.1) is 18.3 Å². The second kappa shape index (κ2) is 3.65. The highest BCUT2D eigenvalue weighted by Gasteiger charge is 1.86. The van der Waals surface area contributed by atoms with E-state index in [1.165, 1.54) is 0 Å². The highest BCUT2D eigenvalue weighted by atomic mass is 16.0. The molecule has 0 aromatic heterocycles. The van der Waals surface area contributed by atoms with Crippen molar-refractivity contribution in [2.75, 3.05) is 0 Å². The van der Waals surface area contributed by atoms with Gasteiger partial charge in [-0.1, -0.05) is 12.1 Å². The maximum Gasteiger partial charge on any atom is 0.0991 e. The van der Waals surface area contributed by atoms with E-state index >= 15 is 0 Å². The fourth-order valence-corrected chi connectivity index (χ4v) is 0.715. The summed E-state index contributed by atoms with van der Waals surface area (Å²) in [5, 5.41) is 8.41. The van der Waals surface area contributed by atoms with E-state index in [1.807, 2.05) is 25.1 Å². The molecular formula is C8H9NO. The SMILES string of the molecule is Cc1cccc(C#N)c1.O. The molecule has 0 amide bonds. The van der Waals surface area contributed by atoms with Crippen LogP contribution in [0.25, 0.3) is 0 Å². The van der Waals surface area contributed by atoms with Crippen LogP contribution in [-0.2, 0) is 0 Å². The number of hydrogen-bond acceptors (Lipinski definition) is 1. The van der Waals surface area contributed by atoms with Crippen LogP contribution in [0.5, 0.6) is 0 Å². The van der Waals surface area contributed by atoms with Gasteiger partial charge in [0.25, 0.3) is 0 Å². The van der Waals surface area contributed by atoms with Gasteiger partial charge in [-0.05, 0) is 24.6 Å². The highest BCUT2D eigenvalue weighted by Crippen LogP contribution is 2.00. The van der Waals surface area contributed by atoms with Gasteiger partial charge in [0.15, 0.2) is 0 Å². The lowest BCUT2D eigenvalue weighted by Crippen LogP contribution is -1.73. The number of benzene rings is 1. The molecule has 0 saturated heterocycles. The first-order valence-electron chi connectivity index (χ1n) is 2.79. The normalized spacial score (nSPS) is 7.60. The molecule has 1 aromatic carbocycles. The van der Waals surface area contributed by atoms with Crippen molar-refractivity contribution >= 4 is 0 Å². The van der Waals surface area contributed by atoms with E-state index in [9.17, 15) is 0 Å². The van der Waals surface area contributed by atoms with Crippen LogP contribution in [0.2, 0.25) is 0 Å². The minimum atomic E-state index is 0. The van der Waals surface area contributed by atoms with Gasteiger partial charge in [0.1, 0.15) is 0 Å². The van der Waals surface area contributed by atoms with Gasteiger partial charge < -0.3 is 5.48 Å².